The Balaban J connectivity index is 1.22. The molecule has 2 fully saturated rings. The summed E-state index contributed by atoms with van der Waals surface area (Å²) in [6.07, 6.45) is 1.81. The van der Waals surface area contributed by atoms with Crippen molar-refractivity contribution in [3.05, 3.63) is 54.0 Å². The number of hydrogen-bond acceptors (Lipinski definition) is 6. The zero-order valence-electron chi connectivity index (χ0n) is 18.0. The van der Waals surface area contributed by atoms with E-state index < -0.39 is 0 Å². The third-order valence-corrected chi connectivity index (χ3v) is 6.07. The number of pyridine rings is 1. The Morgan fingerprint density at radius 2 is 1.74 bits per heavy atom. The lowest BCUT2D eigenvalue weighted by Crippen LogP contribution is -2.53. The molecule has 0 aliphatic carbocycles. The normalized spacial score (nSPS) is 18.3. The number of anilines is 1. The molecule has 0 saturated carbocycles. The first-order valence-corrected chi connectivity index (χ1v) is 10.8. The molecular weight excluding hydrogens is 397 g/mol. The van der Waals surface area contributed by atoms with E-state index in [-0.39, 0.29) is 11.7 Å². The number of piperazine rings is 2. The number of ether oxygens (including phenoxy) is 1. The molecule has 3 heterocycles. The Morgan fingerprint density at radius 1 is 1.00 bits per heavy atom. The Labute approximate surface area is 183 Å². The molecule has 2 aliphatic heterocycles. The largest absolute Gasteiger partial charge is 0.496 e. The minimum absolute atomic E-state index is 0.189. The van der Waals surface area contributed by atoms with E-state index in [9.17, 15) is 9.18 Å². The number of hydrogen-bond donors (Lipinski definition) is 0. The number of aromatic nitrogens is 1. The SMILES string of the molecule is COc1ccc(F)cc1CN1CCN(C(=O)CN2CCN(c3ccccn3)CC2)CC1. The molecule has 0 radical (unpaired) electrons. The van der Waals surface area contributed by atoms with Crippen molar-refractivity contribution in [1.82, 2.24) is 19.7 Å². The van der Waals surface area contributed by atoms with E-state index in [2.05, 4.69) is 19.7 Å². The lowest BCUT2D eigenvalue weighted by atomic mass is 10.1. The molecule has 1 amide bonds. The van der Waals surface area contributed by atoms with Crippen LogP contribution in [0.5, 0.6) is 5.75 Å². The fourth-order valence-corrected chi connectivity index (χ4v) is 4.23. The third-order valence-electron chi connectivity index (χ3n) is 6.07. The van der Waals surface area contributed by atoms with E-state index in [1.54, 1.807) is 13.2 Å². The minimum atomic E-state index is -0.257. The number of halogens is 1. The highest BCUT2D eigenvalue weighted by atomic mass is 19.1. The van der Waals surface area contributed by atoms with Crippen LogP contribution < -0.4 is 9.64 Å². The van der Waals surface area contributed by atoms with Crippen LogP contribution in [0, 0.1) is 5.82 Å². The first-order chi connectivity index (χ1) is 15.1. The average Bonchev–Trinajstić information content (AvgIpc) is 2.81. The second-order valence-electron chi connectivity index (χ2n) is 8.06. The lowest BCUT2D eigenvalue weighted by Gasteiger charge is -2.38. The highest BCUT2D eigenvalue weighted by molar-refractivity contribution is 5.78. The molecule has 0 bridgehead atoms. The van der Waals surface area contributed by atoms with Crippen LogP contribution in [0.3, 0.4) is 0 Å². The number of amides is 1. The maximum atomic E-state index is 13.6. The number of carbonyl (C=O) groups excluding carboxylic acids is 1. The minimum Gasteiger partial charge on any atom is -0.496 e. The zero-order chi connectivity index (χ0) is 21.6. The predicted octanol–water partition coefficient (Wildman–Crippen LogP) is 1.70. The average molecular weight is 428 g/mol. The van der Waals surface area contributed by atoms with Gasteiger partial charge in [0.2, 0.25) is 5.91 Å². The molecular formula is C23H30FN5O2. The van der Waals surface area contributed by atoms with Gasteiger partial charge in [-0.3, -0.25) is 14.6 Å². The van der Waals surface area contributed by atoms with Crippen LogP contribution in [0.25, 0.3) is 0 Å². The Hall–Kier alpha value is -2.71. The highest BCUT2D eigenvalue weighted by Gasteiger charge is 2.25. The summed E-state index contributed by atoms with van der Waals surface area (Å²) in [5, 5.41) is 0. The quantitative estimate of drug-likeness (QED) is 0.700. The van der Waals surface area contributed by atoms with Gasteiger partial charge < -0.3 is 14.5 Å². The van der Waals surface area contributed by atoms with Crippen molar-refractivity contribution in [3.63, 3.8) is 0 Å². The topological polar surface area (TPSA) is 52.2 Å². The van der Waals surface area contributed by atoms with Gasteiger partial charge in [-0.05, 0) is 30.3 Å². The summed E-state index contributed by atoms with van der Waals surface area (Å²) < 4.78 is 19.0. The molecule has 0 spiro atoms. The van der Waals surface area contributed by atoms with Crippen molar-refractivity contribution >= 4 is 11.7 Å². The molecule has 166 valence electrons. The van der Waals surface area contributed by atoms with Crippen molar-refractivity contribution in [1.29, 1.82) is 0 Å². The van der Waals surface area contributed by atoms with Crippen molar-refractivity contribution in [2.45, 2.75) is 6.54 Å². The predicted molar refractivity (Wildman–Crippen MR) is 118 cm³/mol. The van der Waals surface area contributed by atoms with Crippen molar-refractivity contribution in [3.8, 4) is 5.75 Å². The smallest absolute Gasteiger partial charge is 0.236 e. The molecule has 1 aromatic carbocycles. The highest BCUT2D eigenvalue weighted by Crippen LogP contribution is 2.22. The molecule has 31 heavy (non-hydrogen) atoms. The zero-order valence-corrected chi connectivity index (χ0v) is 18.0. The summed E-state index contributed by atoms with van der Waals surface area (Å²) in [6.45, 7) is 7.53. The second kappa shape index (κ2) is 10.1. The fraction of sp³-hybridized carbons (Fsp3) is 0.478. The molecule has 2 aliphatic rings. The first kappa shape index (κ1) is 21.5. The summed E-state index contributed by atoms with van der Waals surface area (Å²) >= 11 is 0. The van der Waals surface area contributed by atoms with Crippen LogP contribution in [0.4, 0.5) is 10.2 Å². The summed E-state index contributed by atoms with van der Waals surface area (Å²) in [6, 6.07) is 10.6. The Kier molecular flexibility index (Phi) is 6.99. The van der Waals surface area contributed by atoms with Crippen molar-refractivity contribution < 1.29 is 13.9 Å². The molecule has 7 nitrogen and oxygen atoms in total. The van der Waals surface area contributed by atoms with Gasteiger partial charge in [-0.25, -0.2) is 9.37 Å². The summed E-state index contributed by atoms with van der Waals surface area (Å²) in [5.41, 5.74) is 0.841. The Bertz CT molecular complexity index is 866. The van der Waals surface area contributed by atoms with E-state index in [0.29, 0.717) is 31.9 Å². The third kappa shape index (κ3) is 5.51. The number of carbonyl (C=O) groups is 1. The maximum absolute atomic E-state index is 13.6. The first-order valence-electron chi connectivity index (χ1n) is 10.8. The van der Waals surface area contributed by atoms with Crippen LogP contribution in [0.2, 0.25) is 0 Å². The summed E-state index contributed by atoms with van der Waals surface area (Å²) in [7, 11) is 1.60. The van der Waals surface area contributed by atoms with Gasteiger partial charge in [0.25, 0.3) is 0 Å². The molecule has 1 aromatic heterocycles. The Morgan fingerprint density at radius 3 is 2.42 bits per heavy atom. The number of benzene rings is 1. The number of methoxy groups -OCH3 is 1. The second-order valence-corrected chi connectivity index (χ2v) is 8.06. The van der Waals surface area contributed by atoms with E-state index in [0.717, 1.165) is 50.6 Å². The van der Waals surface area contributed by atoms with Gasteiger partial charge in [0, 0.05) is 70.7 Å². The van der Waals surface area contributed by atoms with Crippen LogP contribution >= 0.6 is 0 Å². The monoisotopic (exact) mass is 427 g/mol. The summed E-state index contributed by atoms with van der Waals surface area (Å²) in [5.74, 6) is 1.63. The van der Waals surface area contributed by atoms with Gasteiger partial charge >= 0.3 is 0 Å². The number of rotatable bonds is 6. The van der Waals surface area contributed by atoms with Crippen molar-refractivity contribution in [2.24, 2.45) is 0 Å². The van der Waals surface area contributed by atoms with Crippen LogP contribution in [0.15, 0.2) is 42.6 Å². The summed E-state index contributed by atoms with van der Waals surface area (Å²) in [4.78, 5) is 25.9. The molecule has 2 aromatic rings. The standard InChI is InChI=1S/C23H30FN5O2/c1-31-21-6-5-20(24)16-19(21)17-26-10-14-29(15-11-26)23(30)18-27-8-12-28(13-9-27)22-4-2-3-7-25-22/h2-7,16H,8-15,17-18H2,1H3. The van der Waals surface area contributed by atoms with Crippen molar-refractivity contribution in [2.75, 3.05) is 70.9 Å². The van der Waals surface area contributed by atoms with E-state index in [4.69, 9.17) is 4.74 Å². The molecule has 2 saturated heterocycles. The lowest BCUT2D eigenvalue weighted by molar-refractivity contribution is -0.134. The van der Waals surface area contributed by atoms with Crippen LogP contribution in [-0.4, -0.2) is 91.6 Å². The van der Waals surface area contributed by atoms with Gasteiger partial charge in [-0.1, -0.05) is 6.07 Å². The molecule has 0 unspecified atom stereocenters. The van der Waals surface area contributed by atoms with Gasteiger partial charge in [0.1, 0.15) is 17.4 Å². The van der Waals surface area contributed by atoms with Gasteiger partial charge in [-0.15, -0.1) is 0 Å². The number of nitrogens with zero attached hydrogens (tertiary/aromatic N) is 5. The van der Waals surface area contributed by atoms with Gasteiger partial charge in [-0.2, -0.15) is 0 Å². The molecule has 8 heteroatoms. The van der Waals surface area contributed by atoms with Crippen LogP contribution in [-0.2, 0) is 11.3 Å². The van der Waals surface area contributed by atoms with E-state index in [1.165, 1.54) is 12.1 Å². The maximum Gasteiger partial charge on any atom is 0.236 e. The van der Waals surface area contributed by atoms with E-state index >= 15 is 0 Å². The molecule has 4 rings (SSSR count). The van der Waals surface area contributed by atoms with Gasteiger partial charge in [0.15, 0.2) is 0 Å². The fourth-order valence-electron chi connectivity index (χ4n) is 4.23. The molecule has 0 atom stereocenters. The molecule has 0 N–H and O–H groups in total. The van der Waals surface area contributed by atoms with Crippen LogP contribution in [0.1, 0.15) is 5.56 Å². The van der Waals surface area contributed by atoms with Gasteiger partial charge in [0.05, 0.1) is 13.7 Å². The van der Waals surface area contributed by atoms with E-state index in [1.807, 2.05) is 29.3 Å².